The second kappa shape index (κ2) is 6.31. The van der Waals surface area contributed by atoms with Gasteiger partial charge in [-0.3, -0.25) is 9.69 Å². The molecule has 0 radical (unpaired) electrons. The van der Waals surface area contributed by atoms with E-state index in [9.17, 15) is 14.7 Å². The van der Waals surface area contributed by atoms with Crippen molar-refractivity contribution in [3.63, 3.8) is 0 Å². The van der Waals surface area contributed by atoms with Gasteiger partial charge in [-0.1, -0.05) is 11.8 Å². The minimum absolute atomic E-state index is 0.0322. The molecule has 9 nitrogen and oxygen atoms in total. The lowest BCUT2D eigenvalue weighted by molar-refractivity contribution is -0.147. The minimum atomic E-state index is -1.12. The summed E-state index contributed by atoms with van der Waals surface area (Å²) in [6.07, 6.45) is 1.26. The molecule has 2 unspecified atom stereocenters. The number of carbonyl (C=O) groups excluding carboxylic acids is 1. The molecule has 1 amide bonds. The quantitative estimate of drug-likeness (QED) is 0.444. The van der Waals surface area contributed by atoms with Crippen LogP contribution >= 0.6 is 23.5 Å². The molecule has 0 aromatic heterocycles. The lowest BCUT2D eigenvalue weighted by atomic mass is 10.0. The number of β-lactam (4-membered cyclic amide) rings is 1. The first-order valence-electron chi connectivity index (χ1n) is 7.14. The highest BCUT2D eigenvalue weighted by Gasteiger charge is 2.51. The molecule has 3 aliphatic rings. The number of hydrogen-bond acceptors (Lipinski definition) is 9. The van der Waals surface area contributed by atoms with Crippen LogP contribution in [0.2, 0.25) is 0 Å². The van der Waals surface area contributed by atoms with Crippen molar-refractivity contribution < 1.29 is 14.7 Å². The van der Waals surface area contributed by atoms with Gasteiger partial charge in [0, 0.05) is 18.6 Å². The lowest BCUT2D eigenvalue weighted by Gasteiger charge is -2.48. The number of nitrogens with two attached hydrogens (primary N) is 3. The Labute approximate surface area is 147 Å². The molecule has 3 atom stereocenters. The normalized spacial score (nSPS) is 29.8. The maximum absolute atomic E-state index is 11.9. The highest BCUT2D eigenvalue weighted by Crippen LogP contribution is 2.40. The summed E-state index contributed by atoms with van der Waals surface area (Å²) in [5.74, 6) is -0.258. The van der Waals surface area contributed by atoms with E-state index in [1.165, 1.54) is 28.4 Å². The van der Waals surface area contributed by atoms with Crippen LogP contribution < -0.4 is 17.2 Å². The van der Waals surface area contributed by atoms with E-state index in [1.807, 2.05) is 0 Å². The third-order valence-electron chi connectivity index (χ3n) is 3.98. The summed E-state index contributed by atoms with van der Waals surface area (Å²) in [7, 11) is 1.79. The number of amides is 1. The van der Waals surface area contributed by atoms with Crippen molar-refractivity contribution in [2.24, 2.45) is 22.2 Å². The monoisotopic (exact) mass is 370 g/mol. The number of aliphatic imine (C=N–C) groups is 1. The van der Waals surface area contributed by atoms with E-state index in [0.29, 0.717) is 28.1 Å². The molecule has 3 rings (SSSR count). The Morgan fingerprint density at radius 2 is 2.25 bits per heavy atom. The molecule has 11 heteroatoms. The van der Waals surface area contributed by atoms with Crippen LogP contribution in [-0.4, -0.2) is 68.1 Å². The van der Waals surface area contributed by atoms with Gasteiger partial charge < -0.3 is 27.2 Å². The molecule has 7 N–H and O–H groups in total. The lowest BCUT2D eigenvalue weighted by Crippen LogP contribution is -2.68. The number of nitrogens with zero attached hydrogens (tertiary/aromatic N) is 3. The van der Waals surface area contributed by atoms with Crippen molar-refractivity contribution >= 4 is 40.6 Å². The topological polar surface area (TPSA) is 151 Å². The summed E-state index contributed by atoms with van der Waals surface area (Å²) in [6, 6.07) is -0.629. The Hall–Kier alpha value is -1.69. The predicted octanol–water partition coefficient (Wildman–Crippen LogP) is -1.31. The number of thioether (sulfide) groups is 2. The Morgan fingerprint density at radius 1 is 1.54 bits per heavy atom. The number of rotatable bonds is 3. The summed E-state index contributed by atoms with van der Waals surface area (Å²) < 4.78 is 0. The van der Waals surface area contributed by atoms with Crippen LogP contribution in [0.25, 0.3) is 0 Å². The van der Waals surface area contributed by atoms with Crippen molar-refractivity contribution in [1.82, 2.24) is 9.80 Å². The van der Waals surface area contributed by atoms with E-state index in [-0.39, 0.29) is 23.1 Å². The van der Waals surface area contributed by atoms with Crippen LogP contribution in [-0.2, 0) is 9.59 Å². The average molecular weight is 370 g/mol. The number of aliphatic carboxylic acids is 1. The van der Waals surface area contributed by atoms with Crippen molar-refractivity contribution in [3.05, 3.63) is 23.2 Å². The maximum atomic E-state index is 11.9. The molecule has 0 spiro atoms. The fourth-order valence-corrected chi connectivity index (χ4v) is 5.08. The van der Waals surface area contributed by atoms with Crippen LogP contribution in [0.5, 0.6) is 0 Å². The Morgan fingerprint density at radius 3 is 2.92 bits per heavy atom. The van der Waals surface area contributed by atoms with Crippen LogP contribution in [0.3, 0.4) is 0 Å². The fourth-order valence-electron chi connectivity index (χ4n) is 2.62. The standard InChI is InChI=1S/C13H18N6O3S2/c1-18-7(15)2-6(14)17-13(18)24-4-5-3-23-11-8(16)10(20)19(11)9(5)12(21)22/h2,7-8,11H,3-4,14-16H2,1H3,(H,21,22)/t7?,8?,11-/m0/s1. The summed E-state index contributed by atoms with van der Waals surface area (Å²) in [5, 5.41) is 9.82. The molecule has 0 saturated carbocycles. The molecule has 0 bridgehead atoms. The Bertz CT molecular complexity index is 691. The molecule has 3 heterocycles. The zero-order valence-corrected chi connectivity index (χ0v) is 14.5. The average Bonchev–Trinajstić information content (AvgIpc) is 2.54. The molecule has 0 aliphatic carbocycles. The van der Waals surface area contributed by atoms with Gasteiger partial charge in [-0.2, -0.15) is 0 Å². The molecule has 130 valence electrons. The van der Waals surface area contributed by atoms with Crippen molar-refractivity contribution in [2.45, 2.75) is 17.6 Å². The SMILES string of the molecule is CN1C(SCC2=C(C(=O)O)N3C(=O)C(N)[C@@H]3SC2)=NC(N)=CC1N. The largest absolute Gasteiger partial charge is 0.477 e. The molecule has 0 aromatic carbocycles. The summed E-state index contributed by atoms with van der Waals surface area (Å²) in [5.41, 5.74) is 18.1. The van der Waals surface area contributed by atoms with Crippen molar-refractivity contribution in [2.75, 3.05) is 18.6 Å². The third kappa shape index (κ3) is 2.77. The zero-order chi connectivity index (χ0) is 17.6. The highest BCUT2D eigenvalue weighted by molar-refractivity contribution is 8.14. The molecule has 1 saturated heterocycles. The number of fused-ring (bicyclic) bond motifs is 1. The van der Waals surface area contributed by atoms with Gasteiger partial charge >= 0.3 is 5.97 Å². The van der Waals surface area contributed by atoms with E-state index >= 15 is 0 Å². The van der Waals surface area contributed by atoms with Gasteiger partial charge in [0.15, 0.2) is 5.17 Å². The first-order valence-corrected chi connectivity index (χ1v) is 9.17. The smallest absolute Gasteiger partial charge is 0.352 e. The van der Waals surface area contributed by atoms with E-state index in [2.05, 4.69) is 4.99 Å². The van der Waals surface area contributed by atoms with Crippen LogP contribution in [0.15, 0.2) is 28.2 Å². The minimum Gasteiger partial charge on any atom is -0.477 e. The van der Waals surface area contributed by atoms with Crippen molar-refractivity contribution in [1.29, 1.82) is 0 Å². The second-order valence-electron chi connectivity index (χ2n) is 5.57. The molecule has 1 fully saturated rings. The van der Waals surface area contributed by atoms with Crippen LogP contribution in [0, 0.1) is 0 Å². The fraction of sp³-hybridized carbons (Fsp3) is 0.462. The van der Waals surface area contributed by atoms with Crippen LogP contribution in [0.4, 0.5) is 0 Å². The number of carboxylic acids is 1. The summed E-state index contributed by atoms with van der Waals surface area (Å²) in [6.45, 7) is 0. The molecule has 0 aromatic rings. The number of amidine groups is 1. The van der Waals surface area contributed by atoms with E-state index < -0.39 is 12.0 Å². The van der Waals surface area contributed by atoms with Gasteiger partial charge in [0.25, 0.3) is 0 Å². The van der Waals surface area contributed by atoms with E-state index in [1.54, 1.807) is 18.0 Å². The molecule has 24 heavy (non-hydrogen) atoms. The number of carbonyl (C=O) groups is 2. The van der Waals surface area contributed by atoms with Gasteiger partial charge in [-0.25, -0.2) is 9.79 Å². The molecular formula is C13H18N6O3S2. The number of carboxylic acid groups (broad SMARTS) is 1. The van der Waals surface area contributed by atoms with E-state index in [4.69, 9.17) is 17.2 Å². The van der Waals surface area contributed by atoms with Gasteiger partial charge in [-0.15, -0.1) is 11.8 Å². The summed E-state index contributed by atoms with van der Waals surface area (Å²) in [4.78, 5) is 30.8. The van der Waals surface area contributed by atoms with Gasteiger partial charge in [0.05, 0.1) is 0 Å². The first-order chi connectivity index (χ1) is 11.3. The highest BCUT2D eigenvalue weighted by atomic mass is 32.2. The number of likely N-dealkylation sites (N-methyl/N-ethyl adjacent to an activating group) is 1. The molecular weight excluding hydrogens is 352 g/mol. The first kappa shape index (κ1) is 17.1. The predicted molar refractivity (Wildman–Crippen MR) is 93.6 cm³/mol. The number of hydrogen-bond donors (Lipinski definition) is 4. The Kier molecular flexibility index (Phi) is 4.51. The second-order valence-corrected chi connectivity index (χ2v) is 7.62. The summed E-state index contributed by atoms with van der Waals surface area (Å²) >= 11 is 2.82. The Balaban J connectivity index is 1.80. The third-order valence-corrected chi connectivity index (χ3v) is 6.47. The van der Waals surface area contributed by atoms with Gasteiger partial charge in [-0.05, 0) is 11.6 Å². The van der Waals surface area contributed by atoms with Gasteiger partial charge in [0.2, 0.25) is 5.91 Å². The molecule has 3 aliphatic heterocycles. The van der Waals surface area contributed by atoms with Gasteiger partial charge in [0.1, 0.15) is 29.1 Å². The zero-order valence-electron chi connectivity index (χ0n) is 12.9. The maximum Gasteiger partial charge on any atom is 0.352 e. The van der Waals surface area contributed by atoms with Crippen LogP contribution in [0.1, 0.15) is 0 Å². The van der Waals surface area contributed by atoms with Crippen molar-refractivity contribution in [3.8, 4) is 0 Å². The van der Waals surface area contributed by atoms with E-state index in [0.717, 1.165) is 0 Å².